The first-order valence-electron chi connectivity index (χ1n) is 14.4. The third-order valence-electron chi connectivity index (χ3n) is 7.11. The number of nitrogens with zero attached hydrogens (tertiary/aromatic N) is 4. The quantitative estimate of drug-likeness (QED) is 0.151. The Labute approximate surface area is 254 Å². The second-order valence-electron chi connectivity index (χ2n) is 12.2. The van der Waals surface area contributed by atoms with Crippen LogP contribution in [0.2, 0.25) is 0 Å². The summed E-state index contributed by atoms with van der Waals surface area (Å²) in [5.41, 5.74) is 1.02. The molecule has 236 valence electrons. The average molecular weight is 613 g/mol. The molecule has 3 aromatic heterocycles. The molecule has 0 saturated heterocycles. The van der Waals surface area contributed by atoms with E-state index in [-0.39, 0.29) is 54.4 Å². The van der Waals surface area contributed by atoms with Crippen LogP contribution in [0.5, 0.6) is 5.88 Å². The van der Waals surface area contributed by atoms with Crippen molar-refractivity contribution in [1.29, 1.82) is 0 Å². The molecule has 0 aliphatic rings. The molecule has 0 saturated carbocycles. The van der Waals surface area contributed by atoms with Gasteiger partial charge in [-0.05, 0) is 64.3 Å². The van der Waals surface area contributed by atoms with Gasteiger partial charge < -0.3 is 19.0 Å². The number of aliphatic hydroxyl groups is 1. The second-order valence-corrected chi connectivity index (χ2v) is 12.2. The molecule has 10 nitrogen and oxygen atoms in total. The zero-order valence-electron chi connectivity index (χ0n) is 26.0. The predicted octanol–water partition coefficient (Wildman–Crippen LogP) is 6.01. The number of carbonyl (C=O) groups is 2. The van der Waals surface area contributed by atoms with Gasteiger partial charge in [0, 0.05) is 12.5 Å². The predicted molar refractivity (Wildman–Crippen MR) is 156 cm³/mol. The molecule has 1 aromatic carbocycles. The smallest absolute Gasteiger partial charge is 0.307 e. The van der Waals surface area contributed by atoms with Crippen molar-refractivity contribution in [3.63, 3.8) is 0 Å². The number of Topliss-reactive ketones (excluding diaryl/α,β-unsaturated/α-hetero) is 1. The molecule has 0 bridgehead atoms. The average Bonchev–Trinajstić information content (AvgIpc) is 3.53. The third kappa shape index (κ3) is 7.47. The van der Waals surface area contributed by atoms with E-state index in [0.717, 1.165) is 17.7 Å². The Morgan fingerprint density at radius 1 is 1.05 bits per heavy atom. The Hall–Kier alpha value is -4.19. The summed E-state index contributed by atoms with van der Waals surface area (Å²) in [4.78, 5) is 26.1. The highest BCUT2D eigenvalue weighted by Crippen LogP contribution is 2.32. The van der Waals surface area contributed by atoms with E-state index >= 15 is 0 Å². The molecular weight excluding hydrogens is 574 g/mol. The molecule has 12 heteroatoms. The number of aliphatic hydroxyl groups excluding tert-OH is 1. The maximum Gasteiger partial charge on any atom is 0.307 e. The number of fused-ring (bicyclic) bond motifs is 1. The highest BCUT2D eigenvalue weighted by Gasteiger charge is 2.31. The maximum atomic E-state index is 14.2. The zero-order valence-corrected chi connectivity index (χ0v) is 26.0. The molecule has 0 aliphatic heterocycles. The van der Waals surface area contributed by atoms with Crippen LogP contribution in [0.1, 0.15) is 98.3 Å². The van der Waals surface area contributed by atoms with Crippen molar-refractivity contribution in [3.8, 4) is 5.88 Å². The monoisotopic (exact) mass is 612 g/mol. The van der Waals surface area contributed by atoms with E-state index in [1.807, 2.05) is 13.8 Å². The number of ether oxygens (including phenoxy) is 2. The van der Waals surface area contributed by atoms with Gasteiger partial charge >= 0.3 is 5.97 Å². The van der Waals surface area contributed by atoms with Gasteiger partial charge in [0.2, 0.25) is 17.7 Å². The molecular formula is C32H38F2N4O6. The van der Waals surface area contributed by atoms with Crippen LogP contribution in [0, 0.1) is 31.4 Å². The molecule has 0 fully saturated rings. The van der Waals surface area contributed by atoms with Crippen molar-refractivity contribution in [1.82, 2.24) is 19.8 Å². The SMILES string of the molecule is Cc1cc(OCc2c(F)cccc2F)n2nc(C)c(C(=O)C[C@@H](CO)c3nnc([C@@H](CC(=O)OC(C)(C)C)C(C)C)o3)c2c1. The minimum Gasteiger partial charge on any atom is -0.473 e. The molecule has 0 radical (unpaired) electrons. The normalized spacial score (nSPS) is 13.3. The highest BCUT2D eigenvalue weighted by atomic mass is 19.1. The molecule has 1 N–H and O–H groups in total. The fourth-order valence-corrected chi connectivity index (χ4v) is 4.91. The van der Waals surface area contributed by atoms with E-state index in [2.05, 4.69) is 15.3 Å². The number of esters is 1. The van der Waals surface area contributed by atoms with Gasteiger partial charge in [0.1, 0.15) is 23.8 Å². The minimum absolute atomic E-state index is 0.0269. The molecule has 3 heterocycles. The molecule has 0 spiro atoms. The third-order valence-corrected chi connectivity index (χ3v) is 7.11. The number of benzene rings is 1. The van der Waals surface area contributed by atoms with Crippen molar-refractivity contribution in [3.05, 3.63) is 76.1 Å². The molecule has 0 amide bonds. The van der Waals surface area contributed by atoms with Crippen LogP contribution < -0.4 is 4.74 Å². The van der Waals surface area contributed by atoms with Crippen LogP contribution in [0.3, 0.4) is 0 Å². The summed E-state index contributed by atoms with van der Waals surface area (Å²) < 4.78 is 46.9. The molecule has 2 atom stereocenters. The van der Waals surface area contributed by atoms with E-state index in [1.54, 1.807) is 46.8 Å². The van der Waals surface area contributed by atoms with Gasteiger partial charge in [-0.1, -0.05) is 19.9 Å². The van der Waals surface area contributed by atoms with Crippen LogP contribution in [0.4, 0.5) is 8.78 Å². The molecule has 4 aromatic rings. The number of aromatic nitrogens is 4. The number of rotatable bonds is 12. The van der Waals surface area contributed by atoms with Crippen molar-refractivity contribution < 1.29 is 37.4 Å². The number of hydrogen-bond donors (Lipinski definition) is 1. The van der Waals surface area contributed by atoms with E-state index in [4.69, 9.17) is 13.9 Å². The Kier molecular flexibility index (Phi) is 9.82. The number of aryl methyl sites for hydroxylation is 2. The summed E-state index contributed by atoms with van der Waals surface area (Å²) in [5.74, 6) is -2.94. The van der Waals surface area contributed by atoms with Crippen molar-refractivity contribution in [2.24, 2.45) is 5.92 Å². The van der Waals surface area contributed by atoms with Gasteiger partial charge in [-0.25, -0.2) is 13.3 Å². The van der Waals surface area contributed by atoms with Crippen LogP contribution >= 0.6 is 0 Å². The highest BCUT2D eigenvalue weighted by molar-refractivity contribution is 6.04. The molecule has 44 heavy (non-hydrogen) atoms. The summed E-state index contributed by atoms with van der Waals surface area (Å²) in [6.07, 6.45) is -0.127. The summed E-state index contributed by atoms with van der Waals surface area (Å²) in [6, 6.07) is 6.99. The van der Waals surface area contributed by atoms with E-state index < -0.39 is 41.6 Å². The van der Waals surface area contributed by atoms with Crippen LogP contribution in [0.25, 0.3) is 5.52 Å². The van der Waals surface area contributed by atoms with E-state index in [9.17, 15) is 23.5 Å². The summed E-state index contributed by atoms with van der Waals surface area (Å²) in [6.45, 7) is 11.9. The molecule has 0 aliphatic carbocycles. The van der Waals surface area contributed by atoms with Crippen LogP contribution in [-0.4, -0.2) is 48.9 Å². The lowest BCUT2D eigenvalue weighted by atomic mass is 9.92. The number of hydrogen-bond acceptors (Lipinski definition) is 9. The fraction of sp³-hybridized carbons (Fsp3) is 0.469. The summed E-state index contributed by atoms with van der Waals surface area (Å²) in [7, 11) is 0. The number of ketones is 1. The standard InChI is InChI=1S/C32H38F2N4O6/c1-17(2)21(14-28(41)44-32(5,6)7)31-36-35-30(43-31)20(15-39)13-26(40)29-19(4)37-38-25(29)11-18(3)12-27(38)42-16-22-23(33)9-8-10-24(22)34/h8-12,17,20-21,39H,13-16H2,1-7H3/t20-,21-/m0/s1. The Morgan fingerprint density at radius 2 is 1.70 bits per heavy atom. The minimum atomic E-state index is -0.808. The first kappa shape index (κ1) is 32.7. The largest absolute Gasteiger partial charge is 0.473 e. The number of carbonyl (C=O) groups excluding carboxylic acids is 2. The van der Waals surface area contributed by atoms with Gasteiger partial charge in [0.05, 0.1) is 47.2 Å². The lowest BCUT2D eigenvalue weighted by Crippen LogP contribution is -2.26. The van der Waals surface area contributed by atoms with E-state index in [0.29, 0.717) is 16.8 Å². The first-order valence-corrected chi connectivity index (χ1v) is 14.4. The Bertz CT molecular complexity index is 1640. The maximum absolute atomic E-state index is 14.2. The topological polar surface area (TPSA) is 129 Å². The van der Waals surface area contributed by atoms with E-state index in [1.165, 1.54) is 10.6 Å². The Balaban J connectivity index is 1.56. The number of pyridine rings is 1. The fourth-order valence-electron chi connectivity index (χ4n) is 4.91. The molecule has 4 rings (SSSR count). The lowest BCUT2D eigenvalue weighted by Gasteiger charge is -2.22. The zero-order chi connectivity index (χ0) is 32.3. The summed E-state index contributed by atoms with van der Waals surface area (Å²) in [5, 5.41) is 22.9. The van der Waals surface area contributed by atoms with Gasteiger partial charge in [-0.2, -0.15) is 5.10 Å². The summed E-state index contributed by atoms with van der Waals surface area (Å²) >= 11 is 0. The lowest BCUT2D eigenvalue weighted by molar-refractivity contribution is -0.155. The van der Waals surface area contributed by atoms with Gasteiger partial charge in [0.25, 0.3) is 0 Å². The molecule has 0 unspecified atom stereocenters. The van der Waals surface area contributed by atoms with Crippen molar-refractivity contribution in [2.45, 2.75) is 85.4 Å². The van der Waals surface area contributed by atoms with Gasteiger partial charge in [-0.3, -0.25) is 9.59 Å². The second kappa shape index (κ2) is 13.2. The first-order chi connectivity index (χ1) is 20.7. The van der Waals surface area contributed by atoms with Crippen molar-refractivity contribution >= 4 is 17.3 Å². The van der Waals surface area contributed by atoms with Crippen molar-refractivity contribution in [2.75, 3.05) is 6.61 Å². The van der Waals surface area contributed by atoms with Gasteiger partial charge in [0.15, 0.2) is 5.78 Å². The Morgan fingerprint density at radius 3 is 2.32 bits per heavy atom. The van der Waals surface area contributed by atoms with Crippen LogP contribution in [-0.2, 0) is 16.1 Å². The number of halogens is 2. The van der Waals surface area contributed by atoms with Crippen LogP contribution in [0.15, 0.2) is 34.7 Å². The van der Waals surface area contributed by atoms with Gasteiger partial charge in [-0.15, -0.1) is 10.2 Å².